The van der Waals surface area contributed by atoms with Crippen LogP contribution in [0.3, 0.4) is 0 Å². The Hall–Kier alpha value is -1.12. The first-order chi connectivity index (χ1) is 7.86. The second kappa shape index (κ2) is 8.08. The molecule has 0 aliphatic carbocycles. The molecule has 5 heteroatoms. The third-order valence-corrected chi connectivity index (χ3v) is 2.98. The molecule has 0 amide bonds. The van der Waals surface area contributed by atoms with Gasteiger partial charge in [-0.05, 0) is 25.5 Å². The molecule has 1 aromatic heterocycles. The molecule has 0 saturated carbocycles. The van der Waals surface area contributed by atoms with Crippen molar-refractivity contribution < 1.29 is 0 Å². The molecule has 0 fully saturated rings. The predicted molar refractivity (Wildman–Crippen MR) is 65.1 cm³/mol. The van der Waals surface area contributed by atoms with Gasteiger partial charge >= 0.3 is 0 Å². The van der Waals surface area contributed by atoms with E-state index in [0.29, 0.717) is 0 Å². The number of thioether (sulfide) groups is 1. The molecule has 1 heterocycles. The Kier molecular flexibility index (Phi) is 6.54. The van der Waals surface area contributed by atoms with Crippen LogP contribution in [0, 0.1) is 11.3 Å². The number of nitrogens with one attached hydrogen (secondary N) is 1. The van der Waals surface area contributed by atoms with Crippen molar-refractivity contribution in [1.29, 1.82) is 5.26 Å². The highest BCUT2D eigenvalue weighted by Crippen LogP contribution is 2.15. The van der Waals surface area contributed by atoms with E-state index in [9.17, 15) is 0 Å². The monoisotopic (exact) mass is 236 g/mol. The molecule has 0 spiro atoms. The Bertz CT molecular complexity index is 323. The van der Waals surface area contributed by atoms with Crippen LogP contribution in [0.15, 0.2) is 23.6 Å². The van der Waals surface area contributed by atoms with Gasteiger partial charge in [0.2, 0.25) is 0 Å². The number of hydrogen-bond donors (Lipinski definition) is 1. The van der Waals surface area contributed by atoms with Gasteiger partial charge in [0.1, 0.15) is 6.33 Å². The molecule has 16 heavy (non-hydrogen) atoms. The number of nitrogens with zero attached hydrogens (tertiary/aromatic N) is 3. The maximum Gasteiger partial charge on any atom is 0.116 e. The first-order valence-corrected chi connectivity index (χ1v) is 6.37. The van der Waals surface area contributed by atoms with Gasteiger partial charge in [-0.1, -0.05) is 6.92 Å². The van der Waals surface area contributed by atoms with E-state index in [4.69, 9.17) is 5.26 Å². The molecule has 1 unspecified atom stereocenters. The van der Waals surface area contributed by atoms with E-state index in [-0.39, 0.29) is 6.04 Å². The summed E-state index contributed by atoms with van der Waals surface area (Å²) in [7, 11) is 0. The van der Waals surface area contributed by atoms with Gasteiger partial charge < -0.3 is 5.32 Å². The number of aromatic nitrogens is 2. The normalized spacial score (nSPS) is 12.0. The van der Waals surface area contributed by atoms with E-state index in [1.165, 1.54) is 0 Å². The number of nitriles is 1. The molecule has 0 aromatic carbocycles. The summed E-state index contributed by atoms with van der Waals surface area (Å²) in [5.74, 6) is 0.895. The van der Waals surface area contributed by atoms with Crippen molar-refractivity contribution in [2.24, 2.45) is 0 Å². The van der Waals surface area contributed by atoms with Crippen LogP contribution in [-0.4, -0.2) is 28.3 Å². The van der Waals surface area contributed by atoms with Crippen molar-refractivity contribution in [2.45, 2.75) is 30.8 Å². The molecule has 1 N–H and O–H groups in total. The van der Waals surface area contributed by atoms with Crippen molar-refractivity contribution in [3.63, 3.8) is 0 Å². The molecule has 1 aromatic rings. The summed E-state index contributed by atoms with van der Waals surface area (Å²) >= 11 is 1.66. The molecule has 4 nitrogen and oxygen atoms in total. The average Bonchev–Trinajstić information content (AvgIpc) is 2.35. The third-order valence-electron chi connectivity index (χ3n) is 2.01. The highest BCUT2D eigenvalue weighted by molar-refractivity contribution is 7.99. The summed E-state index contributed by atoms with van der Waals surface area (Å²) in [6.07, 6.45) is 5.16. The van der Waals surface area contributed by atoms with Gasteiger partial charge in [0, 0.05) is 11.9 Å². The smallest absolute Gasteiger partial charge is 0.116 e. The average molecular weight is 236 g/mol. The lowest BCUT2D eigenvalue weighted by Gasteiger charge is -2.09. The topological polar surface area (TPSA) is 61.6 Å². The Labute approximate surface area is 100 Å². The molecule has 0 bridgehead atoms. The molecule has 86 valence electrons. The fourth-order valence-corrected chi connectivity index (χ4v) is 2.02. The molecule has 0 radical (unpaired) electrons. The van der Waals surface area contributed by atoms with Gasteiger partial charge in [-0.25, -0.2) is 9.97 Å². The molecule has 0 saturated heterocycles. The predicted octanol–water partition coefficient (Wildman–Crippen LogP) is 1.85. The molecule has 0 aliphatic rings. The fourth-order valence-electron chi connectivity index (χ4n) is 1.18. The van der Waals surface area contributed by atoms with Gasteiger partial charge in [0.15, 0.2) is 0 Å². The number of hydrogen-bond acceptors (Lipinski definition) is 5. The maximum atomic E-state index is 8.90. The minimum atomic E-state index is -0.0470. The lowest BCUT2D eigenvalue weighted by atomic mass is 10.2. The minimum absolute atomic E-state index is 0.0470. The largest absolute Gasteiger partial charge is 0.302 e. The quantitative estimate of drug-likeness (QED) is 0.578. The lowest BCUT2D eigenvalue weighted by molar-refractivity contribution is 0.585. The first kappa shape index (κ1) is 12.9. The molecular formula is C11H16N4S. The van der Waals surface area contributed by atoms with Gasteiger partial charge in [0.25, 0.3) is 0 Å². The van der Waals surface area contributed by atoms with Crippen LogP contribution in [0.2, 0.25) is 0 Å². The zero-order valence-corrected chi connectivity index (χ0v) is 10.2. The summed E-state index contributed by atoms with van der Waals surface area (Å²) in [5, 5.41) is 13.1. The Morgan fingerprint density at radius 3 is 3.12 bits per heavy atom. The van der Waals surface area contributed by atoms with Gasteiger partial charge in [0.05, 0.1) is 17.1 Å². The van der Waals surface area contributed by atoms with Gasteiger partial charge in [-0.3, -0.25) is 0 Å². The summed E-state index contributed by atoms with van der Waals surface area (Å²) in [6, 6.07) is 4.10. The van der Waals surface area contributed by atoms with E-state index in [1.807, 2.05) is 6.07 Å². The maximum absolute atomic E-state index is 8.90. The van der Waals surface area contributed by atoms with Crippen molar-refractivity contribution >= 4 is 11.8 Å². The van der Waals surface area contributed by atoms with Crippen molar-refractivity contribution in [3.05, 3.63) is 18.6 Å². The molecule has 0 aliphatic heterocycles. The second-order valence-electron chi connectivity index (χ2n) is 3.32. The SMILES string of the molecule is CCCNC(C#N)CCSc1ccncn1. The van der Waals surface area contributed by atoms with Crippen LogP contribution in [0.1, 0.15) is 19.8 Å². The highest BCUT2D eigenvalue weighted by atomic mass is 32.2. The van der Waals surface area contributed by atoms with Crippen LogP contribution in [-0.2, 0) is 0 Å². The number of rotatable bonds is 7. The van der Waals surface area contributed by atoms with Gasteiger partial charge in [-0.15, -0.1) is 11.8 Å². The van der Waals surface area contributed by atoms with E-state index in [2.05, 4.69) is 28.3 Å². The van der Waals surface area contributed by atoms with Crippen LogP contribution < -0.4 is 5.32 Å². The Morgan fingerprint density at radius 1 is 1.62 bits per heavy atom. The summed E-state index contributed by atoms with van der Waals surface area (Å²) in [4.78, 5) is 7.97. The van der Waals surface area contributed by atoms with Crippen LogP contribution in [0.5, 0.6) is 0 Å². The van der Waals surface area contributed by atoms with Crippen LogP contribution >= 0.6 is 11.8 Å². The van der Waals surface area contributed by atoms with Crippen LogP contribution in [0.4, 0.5) is 0 Å². The minimum Gasteiger partial charge on any atom is -0.302 e. The summed E-state index contributed by atoms with van der Waals surface area (Å²) < 4.78 is 0. The molecule has 1 rings (SSSR count). The Balaban J connectivity index is 2.21. The van der Waals surface area contributed by atoms with Crippen molar-refractivity contribution in [1.82, 2.24) is 15.3 Å². The zero-order chi connectivity index (χ0) is 11.6. The van der Waals surface area contributed by atoms with E-state index < -0.39 is 0 Å². The summed E-state index contributed by atoms with van der Waals surface area (Å²) in [6.45, 7) is 2.99. The van der Waals surface area contributed by atoms with Gasteiger partial charge in [-0.2, -0.15) is 5.26 Å². The van der Waals surface area contributed by atoms with E-state index in [0.717, 1.165) is 30.2 Å². The standard InChI is InChI=1S/C11H16N4S/c1-2-5-14-10(8-12)4-7-16-11-3-6-13-9-15-11/h3,6,9-10,14H,2,4-5,7H2,1H3. The van der Waals surface area contributed by atoms with E-state index >= 15 is 0 Å². The van der Waals surface area contributed by atoms with Crippen LogP contribution in [0.25, 0.3) is 0 Å². The third kappa shape index (κ3) is 5.10. The lowest BCUT2D eigenvalue weighted by Crippen LogP contribution is -2.28. The van der Waals surface area contributed by atoms with Crippen molar-refractivity contribution in [2.75, 3.05) is 12.3 Å². The molecule has 1 atom stereocenters. The first-order valence-electron chi connectivity index (χ1n) is 5.38. The molecular weight excluding hydrogens is 220 g/mol. The summed E-state index contributed by atoms with van der Waals surface area (Å²) in [5.41, 5.74) is 0. The highest BCUT2D eigenvalue weighted by Gasteiger charge is 2.05. The second-order valence-corrected chi connectivity index (χ2v) is 4.44. The fraction of sp³-hybridized carbons (Fsp3) is 0.545. The van der Waals surface area contributed by atoms with Crippen molar-refractivity contribution in [3.8, 4) is 6.07 Å². The zero-order valence-electron chi connectivity index (χ0n) is 9.39. The van der Waals surface area contributed by atoms with E-state index in [1.54, 1.807) is 24.3 Å². The Morgan fingerprint density at radius 2 is 2.50 bits per heavy atom.